The Labute approximate surface area is 114 Å². The van der Waals surface area contributed by atoms with Crippen LogP contribution in [-0.4, -0.2) is 38.5 Å². The van der Waals surface area contributed by atoms with Crippen LogP contribution >= 0.6 is 0 Å². The lowest BCUT2D eigenvalue weighted by Gasteiger charge is -2.19. The number of rotatable bonds is 5. The van der Waals surface area contributed by atoms with Gasteiger partial charge in [-0.3, -0.25) is 9.59 Å². The van der Waals surface area contributed by atoms with Crippen molar-refractivity contribution in [3.8, 4) is 0 Å². The van der Waals surface area contributed by atoms with Gasteiger partial charge < -0.3 is 15.5 Å². The van der Waals surface area contributed by atoms with Gasteiger partial charge in [-0.1, -0.05) is 17.7 Å². The third-order valence-electron chi connectivity index (χ3n) is 3.15. The molecule has 104 valence electrons. The van der Waals surface area contributed by atoms with Crippen LogP contribution in [0, 0.1) is 6.92 Å². The SMILES string of the molecule is CNC(=O)[C@H](C)[NH+](C)CC(=O)Nc1ccc(C)cc1. The van der Waals surface area contributed by atoms with Gasteiger partial charge in [-0.15, -0.1) is 0 Å². The Morgan fingerprint density at radius 1 is 1.26 bits per heavy atom. The number of anilines is 1. The molecule has 0 fully saturated rings. The zero-order valence-corrected chi connectivity index (χ0v) is 11.9. The average molecular weight is 264 g/mol. The molecule has 1 rings (SSSR count). The van der Waals surface area contributed by atoms with E-state index in [1.54, 1.807) is 14.0 Å². The van der Waals surface area contributed by atoms with E-state index >= 15 is 0 Å². The maximum atomic E-state index is 11.9. The van der Waals surface area contributed by atoms with Gasteiger partial charge in [-0.25, -0.2) is 0 Å². The van der Waals surface area contributed by atoms with E-state index in [0.717, 1.165) is 16.2 Å². The summed E-state index contributed by atoms with van der Waals surface area (Å²) in [4.78, 5) is 24.2. The van der Waals surface area contributed by atoms with Crippen LogP contribution in [0.3, 0.4) is 0 Å². The van der Waals surface area contributed by atoms with E-state index in [4.69, 9.17) is 0 Å². The van der Waals surface area contributed by atoms with E-state index in [-0.39, 0.29) is 24.4 Å². The molecule has 2 atom stereocenters. The van der Waals surface area contributed by atoms with Crippen LogP contribution in [0.2, 0.25) is 0 Å². The zero-order valence-electron chi connectivity index (χ0n) is 11.9. The molecule has 0 spiro atoms. The van der Waals surface area contributed by atoms with Crippen molar-refractivity contribution < 1.29 is 14.5 Å². The summed E-state index contributed by atoms with van der Waals surface area (Å²) in [6, 6.07) is 7.36. The summed E-state index contributed by atoms with van der Waals surface area (Å²) < 4.78 is 0. The van der Waals surface area contributed by atoms with Gasteiger partial charge in [0.05, 0.1) is 7.05 Å². The molecule has 0 aromatic heterocycles. The summed E-state index contributed by atoms with van der Waals surface area (Å²) in [5.74, 6) is -0.169. The Morgan fingerprint density at radius 2 is 1.84 bits per heavy atom. The van der Waals surface area contributed by atoms with Crippen LogP contribution in [-0.2, 0) is 9.59 Å². The molecule has 0 aliphatic heterocycles. The highest BCUT2D eigenvalue weighted by atomic mass is 16.2. The van der Waals surface area contributed by atoms with E-state index < -0.39 is 0 Å². The van der Waals surface area contributed by atoms with Crippen molar-refractivity contribution in [3.63, 3.8) is 0 Å². The van der Waals surface area contributed by atoms with E-state index in [1.165, 1.54) is 0 Å². The first-order valence-corrected chi connectivity index (χ1v) is 6.34. The molecule has 2 amide bonds. The normalized spacial score (nSPS) is 13.5. The topological polar surface area (TPSA) is 62.6 Å². The fourth-order valence-corrected chi connectivity index (χ4v) is 1.69. The van der Waals surface area contributed by atoms with Gasteiger partial charge in [-0.05, 0) is 26.0 Å². The number of quaternary nitrogens is 1. The van der Waals surface area contributed by atoms with Crippen molar-refractivity contribution in [2.45, 2.75) is 19.9 Å². The second-order valence-electron chi connectivity index (χ2n) is 4.77. The van der Waals surface area contributed by atoms with Crippen molar-refractivity contribution in [2.75, 3.05) is 26.0 Å². The molecule has 3 N–H and O–H groups in total. The van der Waals surface area contributed by atoms with Gasteiger partial charge in [0.15, 0.2) is 12.6 Å². The molecule has 1 aromatic rings. The van der Waals surface area contributed by atoms with Crippen molar-refractivity contribution in [1.82, 2.24) is 5.32 Å². The highest BCUT2D eigenvalue weighted by Gasteiger charge is 2.22. The van der Waals surface area contributed by atoms with Gasteiger partial charge >= 0.3 is 0 Å². The summed E-state index contributed by atoms with van der Waals surface area (Å²) in [5, 5.41) is 5.40. The van der Waals surface area contributed by atoms with E-state index in [2.05, 4.69) is 10.6 Å². The summed E-state index contributed by atoms with van der Waals surface area (Å²) in [6.07, 6.45) is 0. The molecule has 0 saturated heterocycles. The molecule has 0 bridgehead atoms. The number of likely N-dealkylation sites (N-methyl/N-ethyl adjacent to an activating group) is 2. The fourth-order valence-electron chi connectivity index (χ4n) is 1.69. The van der Waals surface area contributed by atoms with Gasteiger partial charge in [0.25, 0.3) is 11.8 Å². The maximum Gasteiger partial charge on any atom is 0.279 e. The smallest absolute Gasteiger partial charge is 0.279 e. The van der Waals surface area contributed by atoms with E-state index in [0.29, 0.717) is 0 Å². The van der Waals surface area contributed by atoms with Gasteiger partial charge in [-0.2, -0.15) is 0 Å². The quantitative estimate of drug-likeness (QED) is 0.676. The number of amides is 2. The third kappa shape index (κ3) is 4.71. The number of aryl methyl sites for hydroxylation is 1. The third-order valence-corrected chi connectivity index (χ3v) is 3.15. The summed E-state index contributed by atoms with van der Waals surface area (Å²) in [5.41, 5.74) is 1.92. The summed E-state index contributed by atoms with van der Waals surface area (Å²) in [6.45, 7) is 4.05. The number of hydrogen-bond donors (Lipinski definition) is 3. The van der Waals surface area contributed by atoms with Crippen molar-refractivity contribution in [1.29, 1.82) is 0 Å². The first-order chi connectivity index (χ1) is 8.93. The number of nitrogens with one attached hydrogen (secondary N) is 3. The number of hydrogen-bond acceptors (Lipinski definition) is 2. The fraction of sp³-hybridized carbons (Fsp3) is 0.429. The second-order valence-corrected chi connectivity index (χ2v) is 4.77. The predicted molar refractivity (Wildman–Crippen MR) is 75.1 cm³/mol. The zero-order chi connectivity index (χ0) is 14.4. The molecular formula is C14H22N3O2+. The lowest BCUT2D eigenvalue weighted by Crippen LogP contribution is -3.15. The van der Waals surface area contributed by atoms with Crippen LogP contribution in [0.25, 0.3) is 0 Å². The molecule has 1 aromatic carbocycles. The molecule has 5 heteroatoms. The van der Waals surface area contributed by atoms with Crippen molar-refractivity contribution >= 4 is 17.5 Å². The van der Waals surface area contributed by atoms with Crippen molar-refractivity contribution in [3.05, 3.63) is 29.8 Å². The minimum atomic E-state index is -0.256. The van der Waals surface area contributed by atoms with Crippen LogP contribution in [0.5, 0.6) is 0 Å². The lowest BCUT2D eigenvalue weighted by atomic mass is 10.2. The minimum absolute atomic E-state index is 0.0689. The average Bonchev–Trinajstić information content (AvgIpc) is 2.39. The molecule has 0 aliphatic carbocycles. The minimum Gasteiger partial charge on any atom is -0.354 e. The molecule has 0 heterocycles. The van der Waals surface area contributed by atoms with E-state index in [1.807, 2.05) is 38.2 Å². The molecule has 0 aliphatic rings. The van der Waals surface area contributed by atoms with Crippen LogP contribution in [0.4, 0.5) is 5.69 Å². The van der Waals surface area contributed by atoms with Crippen molar-refractivity contribution in [2.24, 2.45) is 0 Å². The molecular weight excluding hydrogens is 242 g/mol. The van der Waals surface area contributed by atoms with E-state index in [9.17, 15) is 9.59 Å². The monoisotopic (exact) mass is 264 g/mol. The van der Waals surface area contributed by atoms with Crippen LogP contribution < -0.4 is 15.5 Å². The lowest BCUT2D eigenvalue weighted by molar-refractivity contribution is -0.885. The summed E-state index contributed by atoms with van der Waals surface area (Å²) in [7, 11) is 3.42. The Morgan fingerprint density at radius 3 is 2.37 bits per heavy atom. The predicted octanol–water partition coefficient (Wildman–Crippen LogP) is -0.417. The van der Waals surface area contributed by atoms with Crippen LogP contribution in [0.15, 0.2) is 24.3 Å². The Kier molecular flexibility index (Phi) is 5.51. The molecule has 1 unspecified atom stereocenters. The number of benzene rings is 1. The standard InChI is InChI=1S/C14H21N3O2/c1-10-5-7-12(8-6-10)16-13(18)9-17(4)11(2)14(19)15-3/h5-8,11H,9H2,1-4H3,(H,15,19)(H,16,18)/p+1/t11-/m0/s1. The molecule has 19 heavy (non-hydrogen) atoms. The summed E-state index contributed by atoms with van der Waals surface area (Å²) >= 11 is 0. The number of carbonyl (C=O) groups excluding carboxylic acids is 2. The highest BCUT2D eigenvalue weighted by molar-refractivity contribution is 5.91. The molecule has 0 radical (unpaired) electrons. The highest BCUT2D eigenvalue weighted by Crippen LogP contribution is 2.07. The first-order valence-electron chi connectivity index (χ1n) is 6.34. The Balaban J connectivity index is 2.51. The van der Waals surface area contributed by atoms with Gasteiger partial charge in [0, 0.05) is 12.7 Å². The maximum absolute atomic E-state index is 11.9. The largest absolute Gasteiger partial charge is 0.354 e. The Hall–Kier alpha value is -1.88. The van der Waals surface area contributed by atoms with Gasteiger partial charge in [0.2, 0.25) is 0 Å². The molecule has 0 saturated carbocycles. The molecule has 5 nitrogen and oxygen atoms in total. The number of carbonyl (C=O) groups is 2. The van der Waals surface area contributed by atoms with Gasteiger partial charge in [0.1, 0.15) is 0 Å². The first kappa shape index (κ1) is 15.2. The van der Waals surface area contributed by atoms with Crippen LogP contribution in [0.1, 0.15) is 12.5 Å². The Bertz CT molecular complexity index is 443. The second kappa shape index (κ2) is 6.89.